The van der Waals surface area contributed by atoms with E-state index >= 15 is 0 Å². The van der Waals surface area contributed by atoms with Gasteiger partial charge in [-0.05, 0) is 31.2 Å². The zero-order valence-corrected chi connectivity index (χ0v) is 13.5. The molecule has 1 N–H and O–H groups in total. The van der Waals surface area contributed by atoms with Crippen LogP contribution in [-0.2, 0) is 4.74 Å². The Morgan fingerprint density at radius 1 is 1.20 bits per heavy atom. The lowest BCUT2D eigenvalue weighted by Crippen LogP contribution is -2.09. The molecule has 0 atom stereocenters. The van der Waals surface area contributed by atoms with Gasteiger partial charge in [-0.1, -0.05) is 18.2 Å². The van der Waals surface area contributed by atoms with Gasteiger partial charge in [-0.3, -0.25) is 4.40 Å². The van der Waals surface area contributed by atoms with Gasteiger partial charge in [0.25, 0.3) is 0 Å². The molecule has 0 aliphatic heterocycles. The van der Waals surface area contributed by atoms with Crippen molar-refractivity contribution in [2.24, 2.45) is 0 Å². The molecule has 3 heterocycles. The predicted molar refractivity (Wildman–Crippen MR) is 94.0 cm³/mol. The Hall–Kier alpha value is -3.48. The summed E-state index contributed by atoms with van der Waals surface area (Å²) in [5, 5.41) is 3.26. The van der Waals surface area contributed by atoms with Crippen LogP contribution in [0.3, 0.4) is 0 Å². The summed E-state index contributed by atoms with van der Waals surface area (Å²) < 4.78 is 6.91. The molecule has 124 valence electrons. The van der Waals surface area contributed by atoms with Crippen molar-refractivity contribution in [1.82, 2.24) is 19.4 Å². The van der Waals surface area contributed by atoms with Gasteiger partial charge in [0.1, 0.15) is 5.52 Å². The number of aromatic nitrogens is 4. The molecule has 0 saturated carbocycles. The van der Waals surface area contributed by atoms with Crippen LogP contribution < -0.4 is 5.32 Å². The summed E-state index contributed by atoms with van der Waals surface area (Å²) in [6, 6.07) is 13.1. The number of carbonyl (C=O) groups excluding carboxylic acids is 1. The van der Waals surface area contributed by atoms with E-state index in [2.05, 4.69) is 20.3 Å². The normalized spacial score (nSPS) is 10.9. The number of carbonyl (C=O) groups is 1. The van der Waals surface area contributed by atoms with E-state index in [0.29, 0.717) is 17.1 Å². The van der Waals surface area contributed by atoms with E-state index in [4.69, 9.17) is 4.74 Å². The molecule has 7 nitrogen and oxygen atoms in total. The maximum Gasteiger partial charge on any atom is 0.357 e. The average molecular weight is 333 g/mol. The Morgan fingerprint density at radius 2 is 2.04 bits per heavy atom. The van der Waals surface area contributed by atoms with Gasteiger partial charge >= 0.3 is 5.97 Å². The van der Waals surface area contributed by atoms with Crippen molar-refractivity contribution in [3.05, 3.63) is 60.6 Å². The number of imidazole rings is 1. The quantitative estimate of drug-likeness (QED) is 0.578. The zero-order valence-electron chi connectivity index (χ0n) is 13.5. The summed E-state index contributed by atoms with van der Waals surface area (Å²) >= 11 is 0. The molecule has 25 heavy (non-hydrogen) atoms. The van der Waals surface area contributed by atoms with E-state index in [1.807, 2.05) is 47.0 Å². The molecular formula is C18H15N5O2. The van der Waals surface area contributed by atoms with E-state index in [0.717, 1.165) is 11.2 Å². The highest BCUT2D eigenvalue weighted by molar-refractivity contribution is 5.97. The molecule has 7 heteroatoms. The first-order valence-corrected chi connectivity index (χ1v) is 7.89. The molecule has 0 aliphatic rings. The van der Waals surface area contributed by atoms with Crippen molar-refractivity contribution in [2.75, 3.05) is 11.9 Å². The molecule has 0 aliphatic carbocycles. The molecule has 0 radical (unpaired) electrons. The maximum absolute atomic E-state index is 12.1. The number of nitrogens with zero attached hydrogens (tertiary/aromatic N) is 4. The monoisotopic (exact) mass is 333 g/mol. The number of pyridine rings is 1. The van der Waals surface area contributed by atoms with Crippen LogP contribution in [0.5, 0.6) is 0 Å². The minimum Gasteiger partial charge on any atom is -0.461 e. The third-order valence-corrected chi connectivity index (χ3v) is 3.68. The second kappa shape index (κ2) is 6.20. The zero-order chi connectivity index (χ0) is 17.2. The van der Waals surface area contributed by atoms with Crippen LogP contribution in [0.1, 0.15) is 17.4 Å². The number of fused-ring (bicyclic) bond motifs is 3. The fourth-order valence-electron chi connectivity index (χ4n) is 2.63. The Balaban J connectivity index is 1.94. The summed E-state index contributed by atoms with van der Waals surface area (Å²) in [5.41, 5.74) is 2.43. The molecule has 3 aromatic heterocycles. The number of para-hydroxylation sites is 1. The smallest absolute Gasteiger partial charge is 0.357 e. The summed E-state index contributed by atoms with van der Waals surface area (Å²) in [6.07, 6.45) is 3.53. The van der Waals surface area contributed by atoms with E-state index in [1.54, 1.807) is 19.2 Å². The van der Waals surface area contributed by atoms with Crippen molar-refractivity contribution in [3.8, 4) is 0 Å². The minimum atomic E-state index is -0.481. The van der Waals surface area contributed by atoms with Crippen LogP contribution in [0.25, 0.3) is 16.8 Å². The highest BCUT2D eigenvalue weighted by Crippen LogP contribution is 2.26. The fraction of sp³-hybridized carbons (Fsp3) is 0.111. The highest BCUT2D eigenvalue weighted by Gasteiger charge is 2.17. The van der Waals surface area contributed by atoms with Crippen LogP contribution >= 0.6 is 0 Å². The van der Waals surface area contributed by atoms with Gasteiger partial charge in [-0.15, -0.1) is 0 Å². The predicted octanol–water partition coefficient (Wildman–Crippen LogP) is 3.20. The van der Waals surface area contributed by atoms with Crippen molar-refractivity contribution < 1.29 is 9.53 Å². The molecule has 0 spiro atoms. The molecule has 1 aromatic carbocycles. The van der Waals surface area contributed by atoms with E-state index in [-0.39, 0.29) is 12.3 Å². The molecule has 0 bridgehead atoms. The second-order valence-electron chi connectivity index (χ2n) is 5.34. The van der Waals surface area contributed by atoms with E-state index < -0.39 is 5.97 Å². The SMILES string of the molecule is CCOC(=O)c1cc2nc3ncccn3c2c(Nc2ccccc2)n1. The van der Waals surface area contributed by atoms with Crippen LogP contribution in [-0.4, -0.2) is 31.9 Å². The summed E-state index contributed by atoms with van der Waals surface area (Å²) in [4.78, 5) is 25.4. The number of hydrogen-bond acceptors (Lipinski definition) is 6. The van der Waals surface area contributed by atoms with Crippen LogP contribution in [0.15, 0.2) is 54.9 Å². The molecule has 4 aromatic rings. The lowest BCUT2D eigenvalue weighted by atomic mass is 10.2. The first kappa shape index (κ1) is 15.1. The molecule has 4 rings (SSSR count). The Bertz CT molecular complexity index is 1060. The van der Waals surface area contributed by atoms with Gasteiger partial charge in [-0.2, -0.15) is 0 Å². The minimum absolute atomic E-state index is 0.205. The molecule has 0 unspecified atom stereocenters. The Morgan fingerprint density at radius 3 is 2.84 bits per heavy atom. The molecule has 0 saturated heterocycles. The number of rotatable bonds is 4. The topological polar surface area (TPSA) is 81.4 Å². The summed E-state index contributed by atoms with van der Waals surface area (Å²) in [7, 11) is 0. The fourth-order valence-corrected chi connectivity index (χ4v) is 2.63. The van der Waals surface area contributed by atoms with Crippen molar-refractivity contribution >= 4 is 34.3 Å². The molecule has 0 fully saturated rings. The third kappa shape index (κ3) is 2.76. The van der Waals surface area contributed by atoms with Gasteiger partial charge in [0.2, 0.25) is 5.78 Å². The number of nitrogens with one attached hydrogen (secondary N) is 1. The summed E-state index contributed by atoms with van der Waals surface area (Å²) in [6.45, 7) is 2.04. The Labute approximate surface area is 143 Å². The standard InChI is InChI=1S/C18H15N5O2/c1-2-25-17(24)14-11-13-15(23-10-6-9-19-18(23)22-13)16(21-14)20-12-7-4-3-5-8-12/h3-11H,2H2,1H3,(H,20,21). The lowest BCUT2D eigenvalue weighted by Gasteiger charge is -2.09. The van der Waals surface area contributed by atoms with Gasteiger partial charge in [0.05, 0.1) is 12.1 Å². The van der Waals surface area contributed by atoms with E-state index in [1.165, 1.54) is 0 Å². The van der Waals surface area contributed by atoms with Crippen LogP contribution in [0, 0.1) is 0 Å². The molecular weight excluding hydrogens is 318 g/mol. The van der Waals surface area contributed by atoms with Crippen LogP contribution in [0.2, 0.25) is 0 Å². The van der Waals surface area contributed by atoms with Gasteiger partial charge < -0.3 is 10.1 Å². The van der Waals surface area contributed by atoms with Gasteiger partial charge in [-0.25, -0.2) is 19.7 Å². The average Bonchev–Trinajstić information content (AvgIpc) is 3.01. The Kier molecular flexibility index (Phi) is 3.74. The van der Waals surface area contributed by atoms with Crippen molar-refractivity contribution in [3.63, 3.8) is 0 Å². The lowest BCUT2D eigenvalue weighted by molar-refractivity contribution is 0.0520. The largest absolute Gasteiger partial charge is 0.461 e. The van der Waals surface area contributed by atoms with E-state index in [9.17, 15) is 4.79 Å². The number of hydrogen-bond donors (Lipinski definition) is 1. The second-order valence-corrected chi connectivity index (χ2v) is 5.34. The number of ether oxygens (including phenoxy) is 1. The van der Waals surface area contributed by atoms with Crippen molar-refractivity contribution in [2.45, 2.75) is 6.92 Å². The third-order valence-electron chi connectivity index (χ3n) is 3.68. The highest BCUT2D eigenvalue weighted by atomic mass is 16.5. The molecule has 0 amide bonds. The summed E-state index contributed by atoms with van der Waals surface area (Å²) in [5.74, 6) is 0.578. The van der Waals surface area contributed by atoms with Gasteiger partial charge in [0, 0.05) is 18.1 Å². The maximum atomic E-state index is 12.1. The van der Waals surface area contributed by atoms with Crippen molar-refractivity contribution in [1.29, 1.82) is 0 Å². The number of esters is 1. The first-order valence-electron chi connectivity index (χ1n) is 7.89. The first-order chi connectivity index (χ1) is 12.3. The van der Waals surface area contributed by atoms with Gasteiger partial charge in [0.15, 0.2) is 11.5 Å². The number of benzene rings is 1. The van der Waals surface area contributed by atoms with Crippen LogP contribution in [0.4, 0.5) is 11.5 Å². The number of anilines is 2.